The fourth-order valence-corrected chi connectivity index (χ4v) is 4.40. The van der Waals surface area contributed by atoms with E-state index in [1.54, 1.807) is 23.9 Å². The maximum Gasteiger partial charge on any atom is 0.263 e. The van der Waals surface area contributed by atoms with Crippen LogP contribution in [0.4, 0.5) is 0 Å². The Morgan fingerprint density at radius 2 is 1.84 bits per heavy atom. The number of likely N-dealkylation sites (N-methyl/N-ethyl adjacent to an activating group) is 1. The Labute approximate surface area is 152 Å². The van der Waals surface area contributed by atoms with E-state index in [2.05, 4.69) is 0 Å². The van der Waals surface area contributed by atoms with E-state index in [1.807, 2.05) is 22.4 Å². The third kappa shape index (κ3) is 3.71. The molecule has 6 nitrogen and oxygen atoms in total. The van der Waals surface area contributed by atoms with Crippen molar-refractivity contribution in [3.63, 3.8) is 0 Å². The van der Waals surface area contributed by atoms with Gasteiger partial charge in [0.15, 0.2) is 0 Å². The van der Waals surface area contributed by atoms with E-state index >= 15 is 0 Å². The third-order valence-electron chi connectivity index (χ3n) is 5.13. The zero-order valence-corrected chi connectivity index (χ0v) is 15.6. The van der Waals surface area contributed by atoms with Gasteiger partial charge in [0.1, 0.15) is 6.04 Å². The molecule has 1 aromatic heterocycles. The summed E-state index contributed by atoms with van der Waals surface area (Å²) in [6.07, 6.45) is 2.98. The molecule has 1 atom stereocenters. The van der Waals surface area contributed by atoms with Crippen LogP contribution in [0, 0.1) is 5.92 Å². The van der Waals surface area contributed by atoms with Crippen LogP contribution >= 0.6 is 11.3 Å². The summed E-state index contributed by atoms with van der Waals surface area (Å²) < 4.78 is 0. The number of amides is 3. The molecule has 2 saturated heterocycles. The first-order chi connectivity index (χ1) is 12.0. The van der Waals surface area contributed by atoms with Crippen LogP contribution in [-0.4, -0.2) is 72.2 Å². The first kappa shape index (κ1) is 17.9. The summed E-state index contributed by atoms with van der Waals surface area (Å²) in [6, 6.07) is 3.41. The zero-order valence-electron chi connectivity index (χ0n) is 14.8. The molecule has 3 heterocycles. The molecule has 3 rings (SSSR count). The highest BCUT2D eigenvalue weighted by molar-refractivity contribution is 7.12. The van der Waals surface area contributed by atoms with E-state index in [4.69, 9.17) is 0 Å². The predicted octanol–water partition coefficient (Wildman–Crippen LogP) is 1.68. The summed E-state index contributed by atoms with van der Waals surface area (Å²) in [6.45, 7) is 1.87. The van der Waals surface area contributed by atoms with E-state index in [0.29, 0.717) is 32.5 Å². The van der Waals surface area contributed by atoms with Gasteiger partial charge in [-0.15, -0.1) is 11.3 Å². The summed E-state index contributed by atoms with van der Waals surface area (Å²) in [5, 5.41) is 1.90. The summed E-state index contributed by atoms with van der Waals surface area (Å²) in [5.41, 5.74) is 0. The molecule has 0 N–H and O–H groups in total. The number of hydrogen-bond acceptors (Lipinski definition) is 4. The van der Waals surface area contributed by atoms with Crippen LogP contribution in [0.25, 0.3) is 0 Å². The van der Waals surface area contributed by atoms with Gasteiger partial charge < -0.3 is 14.7 Å². The van der Waals surface area contributed by atoms with E-state index in [-0.39, 0.29) is 29.7 Å². The van der Waals surface area contributed by atoms with Gasteiger partial charge in [0, 0.05) is 39.6 Å². The molecule has 2 fully saturated rings. The monoisotopic (exact) mass is 363 g/mol. The van der Waals surface area contributed by atoms with Gasteiger partial charge in [-0.3, -0.25) is 14.4 Å². The number of hydrogen-bond donors (Lipinski definition) is 0. The Bertz CT molecular complexity index is 636. The van der Waals surface area contributed by atoms with Gasteiger partial charge in [-0.05, 0) is 37.1 Å². The van der Waals surface area contributed by atoms with Gasteiger partial charge in [-0.25, -0.2) is 0 Å². The number of piperidine rings is 1. The topological polar surface area (TPSA) is 60.9 Å². The summed E-state index contributed by atoms with van der Waals surface area (Å²) in [4.78, 5) is 43.5. The van der Waals surface area contributed by atoms with Crippen molar-refractivity contribution in [1.82, 2.24) is 14.7 Å². The lowest BCUT2D eigenvalue weighted by Crippen LogP contribution is -2.49. The molecular weight excluding hydrogens is 338 g/mol. The van der Waals surface area contributed by atoms with E-state index < -0.39 is 0 Å². The molecule has 2 aliphatic rings. The van der Waals surface area contributed by atoms with Gasteiger partial charge in [0.25, 0.3) is 5.91 Å². The summed E-state index contributed by atoms with van der Waals surface area (Å²) >= 11 is 1.45. The van der Waals surface area contributed by atoms with Crippen molar-refractivity contribution in [1.29, 1.82) is 0 Å². The maximum absolute atomic E-state index is 12.9. The van der Waals surface area contributed by atoms with E-state index in [9.17, 15) is 14.4 Å². The Balaban J connectivity index is 1.58. The minimum Gasteiger partial charge on any atom is -0.347 e. The van der Waals surface area contributed by atoms with Crippen molar-refractivity contribution < 1.29 is 14.4 Å². The fraction of sp³-hybridized carbons (Fsp3) is 0.611. The number of likely N-dealkylation sites (tertiary alicyclic amines) is 2. The standard InChI is InChI=1S/C18H25N3O3S/c1-19(2)17(23)14-5-3-9-21(14)16(22)13-7-10-20(11-8-13)18(24)15-6-4-12-25-15/h4,6,12-14H,3,5,7-11H2,1-2H3. The largest absolute Gasteiger partial charge is 0.347 e. The van der Waals surface area contributed by atoms with Crippen molar-refractivity contribution in [2.75, 3.05) is 33.7 Å². The molecule has 0 spiro atoms. The molecule has 0 aromatic carbocycles. The lowest BCUT2D eigenvalue weighted by molar-refractivity contribution is -0.145. The number of nitrogens with zero attached hydrogens (tertiary/aromatic N) is 3. The molecule has 2 aliphatic heterocycles. The molecule has 136 valence electrons. The van der Waals surface area contributed by atoms with Crippen LogP contribution in [0.1, 0.15) is 35.4 Å². The van der Waals surface area contributed by atoms with Gasteiger partial charge in [-0.2, -0.15) is 0 Å². The first-order valence-electron chi connectivity index (χ1n) is 8.83. The number of rotatable bonds is 3. The molecule has 1 aromatic rings. The van der Waals surface area contributed by atoms with Crippen molar-refractivity contribution >= 4 is 29.1 Å². The first-order valence-corrected chi connectivity index (χ1v) is 9.71. The zero-order chi connectivity index (χ0) is 18.0. The molecular formula is C18H25N3O3S. The van der Waals surface area contributed by atoms with E-state index in [0.717, 1.165) is 17.7 Å². The number of carbonyl (C=O) groups excluding carboxylic acids is 3. The van der Waals surface area contributed by atoms with Crippen LogP contribution in [0.2, 0.25) is 0 Å². The van der Waals surface area contributed by atoms with Crippen LogP contribution in [-0.2, 0) is 9.59 Å². The predicted molar refractivity (Wildman–Crippen MR) is 96.4 cm³/mol. The number of thiophene rings is 1. The Morgan fingerprint density at radius 1 is 1.12 bits per heavy atom. The summed E-state index contributed by atoms with van der Waals surface area (Å²) in [7, 11) is 3.47. The maximum atomic E-state index is 12.9. The normalized spacial score (nSPS) is 21.4. The van der Waals surface area contributed by atoms with E-state index in [1.165, 1.54) is 11.3 Å². The summed E-state index contributed by atoms with van der Waals surface area (Å²) in [5.74, 6) is 0.0720. The lowest BCUT2D eigenvalue weighted by atomic mass is 9.94. The highest BCUT2D eigenvalue weighted by Crippen LogP contribution is 2.27. The molecule has 3 amide bonds. The van der Waals surface area contributed by atoms with Crippen molar-refractivity contribution in [2.24, 2.45) is 5.92 Å². The lowest BCUT2D eigenvalue weighted by Gasteiger charge is -2.35. The Kier molecular flexibility index (Phi) is 5.42. The second kappa shape index (κ2) is 7.56. The molecule has 0 saturated carbocycles. The molecule has 25 heavy (non-hydrogen) atoms. The van der Waals surface area contributed by atoms with Crippen LogP contribution in [0.5, 0.6) is 0 Å². The number of carbonyl (C=O) groups is 3. The highest BCUT2D eigenvalue weighted by Gasteiger charge is 2.39. The SMILES string of the molecule is CN(C)C(=O)C1CCCN1C(=O)C1CCN(C(=O)c2cccs2)CC1. The van der Waals surface area contributed by atoms with Gasteiger partial charge in [0.05, 0.1) is 4.88 Å². The smallest absolute Gasteiger partial charge is 0.263 e. The Hall–Kier alpha value is -1.89. The highest BCUT2D eigenvalue weighted by atomic mass is 32.1. The molecule has 7 heteroatoms. The fourth-order valence-electron chi connectivity index (χ4n) is 3.71. The Morgan fingerprint density at radius 3 is 2.44 bits per heavy atom. The molecule has 1 unspecified atom stereocenters. The minimum atomic E-state index is -0.312. The second-order valence-corrected chi connectivity index (χ2v) is 7.91. The van der Waals surface area contributed by atoms with Crippen molar-refractivity contribution in [3.8, 4) is 0 Å². The minimum absolute atomic E-state index is 0.0103. The molecule has 0 bridgehead atoms. The molecule has 0 radical (unpaired) electrons. The van der Waals surface area contributed by atoms with Crippen LogP contribution in [0.15, 0.2) is 17.5 Å². The quantitative estimate of drug-likeness (QED) is 0.821. The average molecular weight is 363 g/mol. The average Bonchev–Trinajstić information content (AvgIpc) is 3.31. The van der Waals surface area contributed by atoms with Crippen molar-refractivity contribution in [3.05, 3.63) is 22.4 Å². The van der Waals surface area contributed by atoms with Gasteiger partial charge in [-0.1, -0.05) is 6.07 Å². The van der Waals surface area contributed by atoms with Crippen molar-refractivity contribution in [2.45, 2.75) is 31.7 Å². The molecule has 0 aliphatic carbocycles. The van der Waals surface area contributed by atoms with Gasteiger partial charge in [0.2, 0.25) is 11.8 Å². The third-order valence-corrected chi connectivity index (χ3v) is 5.98. The van der Waals surface area contributed by atoms with Crippen LogP contribution < -0.4 is 0 Å². The van der Waals surface area contributed by atoms with Gasteiger partial charge >= 0.3 is 0 Å². The second-order valence-electron chi connectivity index (χ2n) is 6.97. The van der Waals surface area contributed by atoms with Crippen LogP contribution in [0.3, 0.4) is 0 Å².